The summed E-state index contributed by atoms with van der Waals surface area (Å²) in [7, 11) is 0. The Morgan fingerprint density at radius 1 is 1.40 bits per heavy atom. The Morgan fingerprint density at radius 2 is 2.07 bits per heavy atom. The van der Waals surface area contributed by atoms with Gasteiger partial charge in [-0.05, 0) is 0 Å². The number of alkyl halides is 3. The first-order valence-electron chi connectivity index (χ1n) is 3.86. The molecule has 0 aliphatic heterocycles. The van der Waals surface area contributed by atoms with E-state index in [1.165, 1.54) is 0 Å². The maximum Gasteiger partial charge on any atom is 0.392 e. The molecule has 0 saturated heterocycles. The van der Waals surface area contributed by atoms with Crippen LogP contribution in [-0.4, -0.2) is 22.8 Å². The lowest BCUT2D eigenvalue weighted by Gasteiger charge is -2.08. The molecule has 8 heteroatoms. The van der Waals surface area contributed by atoms with Crippen molar-refractivity contribution in [3.8, 4) is 5.88 Å². The van der Waals surface area contributed by atoms with Crippen LogP contribution in [0.15, 0.2) is 6.20 Å². The molecule has 1 aromatic heterocycles. The van der Waals surface area contributed by atoms with Crippen molar-refractivity contribution in [1.29, 1.82) is 0 Å². The van der Waals surface area contributed by atoms with Gasteiger partial charge in [-0.25, -0.2) is 4.98 Å². The monoisotopic (exact) mass is 225 g/mol. The fourth-order valence-electron chi connectivity index (χ4n) is 0.729. The predicted molar refractivity (Wildman–Crippen MR) is 42.6 cm³/mol. The van der Waals surface area contributed by atoms with Crippen LogP contribution in [0, 0.1) is 5.82 Å². The highest BCUT2D eigenvalue weighted by molar-refractivity contribution is 5.22. The molecule has 1 rings (SSSR count). The molecule has 1 heterocycles. The van der Waals surface area contributed by atoms with Crippen molar-refractivity contribution in [3.63, 3.8) is 0 Å². The summed E-state index contributed by atoms with van der Waals surface area (Å²) in [5.41, 5.74) is 5.09. The van der Waals surface area contributed by atoms with Gasteiger partial charge in [-0.15, -0.1) is 0 Å². The van der Waals surface area contributed by atoms with Gasteiger partial charge < -0.3 is 10.5 Å². The van der Waals surface area contributed by atoms with Crippen LogP contribution in [0.5, 0.6) is 5.88 Å². The lowest BCUT2D eigenvalue weighted by Crippen LogP contribution is -2.14. The van der Waals surface area contributed by atoms with Crippen molar-refractivity contribution < 1.29 is 22.3 Å². The molecule has 0 spiro atoms. The molecular formula is C7H7F4N3O. The summed E-state index contributed by atoms with van der Waals surface area (Å²) in [6.07, 6.45) is -4.81. The van der Waals surface area contributed by atoms with Gasteiger partial charge in [-0.1, -0.05) is 0 Å². The van der Waals surface area contributed by atoms with Crippen molar-refractivity contribution in [2.45, 2.75) is 12.6 Å². The molecular weight excluding hydrogens is 218 g/mol. The molecule has 0 saturated carbocycles. The Hall–Kier alpha value is -1.60. The lowest BCUT2D eigenvalue weighted by atomic mass is 10.4. The summed E-state index contributed by atoms with van der Waals surface area (Å²) in [4.78, 5) is 6.58. The normalized spacial score (nSPS) is 11.5. The summed E-state index contributed by atoms with van der Waals surface area (Å²) >= 11 is 0. The third kappa shape index (κ3) is 3.96. The zero-order valence-electron chi connectivity index (χ0n) is 7.38. The quantitative estimate of drug-likeness (QED) is 0.792. The van der Waals surface area contributed by atoms with Gasteiger partial charge in [0.2, 0.25) is 11.8 Å². The number of aromatic nitrogens is 2. The van der Waals surface area contributed by atoms with Crippen LogP contribution < -0.4 is 10.5 Å². The second-order valence-corrected chi connectivity index (χ2v) is 2.59. The fraction of sp³-hybridized carbons (Fsp3) is 0.429. The van der Waals surface area contributed by atoms with Crippen molar-refractivity contribution in [2.24, 2.45) is 0 Å². The predicted octanol–water partition coefficient (Wildman–Crippen LogP) is 1.53. The second-order valence-electron chi connectivity index (χ2n) is 2.59. The number of rotatable bonds is 3. The van der Waals surface area contributed by atoms with Gasteiger partial charge in [0.05, 0.1) is 19.2 Å². The van der Waals surface area contributed by atoms with E-state index in [1.807, 2.05) is 0 Å². The van der Waals surface area contributed by atoms with Gasteiger partial charge in [0.1, 0.15) is 0 Å². The second kappa shape index (κ2) is 4.28. The van der Waals surface area contributed by atoms with Crippen molar-refractivity contribution in [1.82, 2.24) is 9.97 Å². The van der Waals surface area contributed by atoms with E-state index in [9.17, 15) is 17.6 Å². The molecule has 0 amide bonds. The van der Waals surface area contributed by atoms with Crippen molar-refractivity contribution in [2.75, 3.05) is 12.3 Å². The van der Waals surface area contributed by atoms with E-state index in [-0.39, 0.29) is 5.95 Å². The van der Waals surface area contributed by atoms with Crippen molar-refractivity contribution >= 4 is 5.95 Å². The van der Waals surface area contributed by atoms with Crippen LogP contribution in [0.4, 0.5) is 23.5 Å². The van der Waals surface area contributed by atoms with E-state index in [0.717, 1.165) is 6.20 Å². The van der Waals surface area contributed by atoms with Gasteiger partial charge in [0, 0.05) is 0 Å². The topological polar surface area (TPSA) is 61.0 Å². The summed E-state index contributed by atoms with van der Waals surface area (Å²) < 4.78 is 52.4. The van der Waals surface area contributed by atoms with E-state index >= 15 is 0 Å². The number of anilines is 1. The summed E-state index contributed by atoms with van der Waals surface area (Å²) in [5, 5.41) is 0. The number of nitrogens with two attached hydrogens (primary N) is 1. The largest absolute Gasteiger partial charge is 0.475 e. The number of halogens is 4. The van der Waals surface area contributed by atoms with Gasteiger partial charge in [-0.3, -0.25) is 0 Å². The molecule has 0 fully saturated rings. The fourth-order valence-corrected chi connectivity index (χ4v) is 0.729. The standard InChI is InChI=1S/C7H7F4N3O/c8-4-3-13-6(12)14-5(4)15-2-1-7(9,10)11/h3H,1-2H2,(H2,12,13,14). The third-order valence-electron chi connectivity index (χ3n) is 1.35. The van der Waals surface area contributed by atoms with E-state index in [0.29, 0.717) is 0 Å². The van der Waals surface area contributed by atoms with E-state index < -0.39 is 30.9 Å². The average Bonchev–Trinajstić information content (AvgIpc) is 2.09. The lowest BCUT2D eigenvalue weighted by molar-refractivity contribution is -0.139. The molecule has 0 aliphatic carbocycles. The molecule has 4 nitrogen and oxygen atoms in total. The number of ether oxygens (including phenoxy) is 1. The van der Waals surface area contributed by atoms with Gasteiger partial charge in [0.15, 0.2) is 0 Å². The van der Waals surface area contributed by atoms with Crippen LogP contribution in [0.3, 0.4) is 0 Å². The summed E-state index contributed by atoms with van der Waals surface area (Å²) in [6.45, 7) is -0.711. The summed E-state index contributed by atoms with van der Waals surface area (Å²) in [5.74, 6) is -1.79. The molecule has 1 aromatic rings. The Bertz CT molecular complexity index is 341. The highest BCUT2D eigenvalue weighted by Gasteiger charge is 2.27. The van der Waals surface area contributed by atoms with E-state index in [1.54, 1.807) is 0 Å². The smallest absolute Gasteiger partial charge is 0.392 e. The molecule has 15 heavy (non-hydrogen) atoms. The molecule has 0 radical (unpaired) electrons. The number of nitrogen functional groups attached to an aromatic ring is 1. The Kier molecular flexibility index (Phi) is 3.28. The minimum Gasteiger partial charge on any atom is -0.475 e. The Balaban J connectivity index is 2.54. The van der Waals surface area contributed by atoms with Crippen molar-refractivity contribution in [3.05, 3.63) is 12.0 Å². The van der Waals surface area contributed by atoms with Gasteiger partial charge in [0.25, 0.3) is 5.88 Å². The molecule has 0 unspecified atom stereocenters. The highest BCUT2D eigenvalue weighted by Crippen LogP contribution is 2.20. The van der Waals surface area contributed by atoms with E-state index in [4.69, 9.17) is 5.73 Å². The average molecular weight is 225 g/mol. The SMILES string of the molecule is Nc1ncc(F)c(OCCC(F)(F)F)n1. The molecule has 0 atom stereocenters. The highest BCUT2D eigenvalue weighted by atomic mass is 19.4. The molecule has 84 valence electrons. The first-order valence-corrected chi connectivity index (χ1v) is 3.86. The molecule has 0 bridgehead atoms. The van der Waals surface area contributed by atoms with Crippen LogP contribution >= 0.6 is 0 Å². The minimum atomic E-state index is -4.35. The summed E-state index contributed by atoms with van der Waals surface area (Å²) in [6, 6.07) is 0. The van der Waals surface area contributed by atoms with Crippen LogP contribution in [0.1, 0.15) is 6.42 Å². The Labute approximate surface area is 82.1 Å². The maximum atomic E-state index is 12.8. The first-order chi connectivity index (χ1) is 6.88. The zero-order valence-corrected chi connectivity index (χ0v) is 7.38. The molecule has 0 aromatic carbocycles. The number of hydrogen-bond donors (Lipinski definition) is 1. The minimum absolute atomic E-state index is 0.265. The molecule has 0 aliphatic rings. The molecule has 2 N–H and O–H groups in total. The zero-order chi connectivity index (χ0) is 11.5. The third-order valence-corrected chi connectivity index (χ3v) is 1.35. The first kappa shape index (κ1) is 11.5. The van der Waals surface area contributed by atoms with Gasteiger partial charge >= 0.3 is 6.18 Å². The van der Waals surface area contributed by atoms with Crippen LogP contribution in [0.2, 0.25) is 0 Å². The number of hydrogen-bond acceptors (Lipinski definition) is 4. The Morgan fingerprint density at radius 3 is 2.67 bits per heavy atom. The maximum absolute atomic E-state index is 12.8. The number of nitrogens with zero attached hydrogens (tertiary/aromatic N) is 2. The van der Waals surface area contributed by atoms with Gasteiger partial charge in [-0.2, -0.15) is 22.5 Å². The van der Waals surface area contributed by atoms with Crippen LogP contribution in [-0.2, 0) is 0 Å². The van der Waals surface area contributed by atoms with E-state index in [2.05, 4.69) is 14.7 Å². The van der Waals surface area contributed by atoms with Crippen LogP contribution in [0.25, 0.3) is 0 Å².